The van der Waals surface area contributed by atoms with Crippen LogP contribution in [-0.4, -0.2) is 24.2 Å². The van der Waals surface area contributed by atoms with Crippen molar-refractivity contribution in [2.45, 2.75) is 71.4 Å². The Kier molecular flexibility index (Phi) is 5.44. The quantitative estimate of drug-likeness (QED) is 0.769. The minimum absolute atomic E-state index is 0.153. The molecule has 0 heterocycles. The van der Waals surface area contributed by atoms with Crippen LogP contribution in [-0.2, 0) is 9.53 Å². The van der Waals surface area contributed by atoms with Gasteiger partial charge in [0.1, 0.15) is 5.60 Å². The van der Waals surface area contributed by atoms with Gasteiger partial charge in [0.2, 0.25) is 0 Å². The van der Waals surface area contributed by atoms with E-state index in [0.717, 1.165) is 5.92 Å². The molecule has 0 aromatic carbocycles. The van der Waals surface area contributed by atoms with Crippen molar-refractivity contribution >= 4 is 5.97 Å². The third-order valence-corrected chi connectivity index (χ3v) is 3.35. The van der Waals surface area contributed by atoms with E-state index in [0.29, 0.717) is 12.6 Å². The molecule has 1 aliphatic rings. The van der Waals surface area contributed by atoms with Crippen LogP contribution in [0.2, 0.25) is 0 Å². The molecule has 0 aromatic rings. The maximum Gasteiger partial charge on any atom is 0.320 e. The van der Waals surface area contributed by atoms with Crippen molar-refractivity contribution < 1.29 is 9.53 Å². The van der Waals surface area contributed by atoms with E-state index in [1.165, 1.54) is 32.1 Å². The lowest BCUT2D eigenvalue weighted by molar-refractivity contribution is -0.153. The number of ether oxygens (including phenoxy) is 1. The Morgan fingerprint density at radius 2 is 1.88 bits per heavy atom. The van der Waals surface area contributed by atoms with Gasteiger partial charge in [-0.2, -0.15) is 0 Å². The van der Waals surface area contributed by atoms with Gasteiger partial charge in [0.25, 0.3) is 0 Å². The summed E-state index contributed by atoms with van der Waals surface area (Å²) in [6, 6.07) is 0.419. The van der Waals surface area contributed by atoms with Crippen molar-refractivity contribution in [1.29, 1.82) is 0 Å². The van der Waals surface area contributed by atoms with Gasteiger partial charge < -0.3 is 10.1 Å². The first-order valence-corrected chi connectivity index (χ1v) is 6.84. The molecule has 1 rings (SSSR count). The van der Waals surface area contributed by atoms with Gasteiger partial charge in [-0.1, -0.05) is 19.3 Å². The van der Waals surface area contributed by atoms with Crippen molar-refractivity contribution in [2.75, 3.05) is 6.54 Å². The van der Waals surface area contributed by atoms with Crippen LogP contribution in [0.15, 0.2) is 0 Å². The predicted octanol–water partition coefficient (Wildman–Crippen LogP) is 2.89. The van der Waals surface area contributed by atoms with Gasteiger partial charge in [-0.05, 0) is 46.5 Å². The second kappa shape index (κ2) is 6.39. The summed E-state index contributed by atoms with van der Waals surface area (Å²) in [6.45, 7) is 8.20. The second-order valence-corrected chi connectivity index (χ2v) is 6.15. The summed E-state index contributed by atoms with van der Waals surface area (Å²) in [4.78, 5) is 11.6. The van der Waals surface area contributed by atoms with E-state index in [-0.39, 0.29) is 11.6 Å². The lowest BCUT2D eigenvalue weighted by Gasteiger charge is -2.28. The minimum atomic E-state index is -0.382. The molecule has 3 nitrogen and oxygen atoms in total. The molecule has 3 heteroatoms. The summed E-state index contributed by atoms with van der Waals surface area (Å²) in [7, 11) is 0. The van der Waals surface area contributed by atoms with E-state index in [4.69, 9.17) is 4.74 Å². The van der Waals surface area contributed by atoms with E-state index >= 15 is 0 Å². The zero-order chi connectivity index (χ0) is 12.9. The highest BCUT2D eigenvalue weighted by Crippen LogP contribution is 2.26. The number of esters is 1. The Bertz CT molecular complexity index is 239. The van der Waals surface area contributed by atoms with Crippen molar-refractivity contribution in [3.05, 3.63) is 0 Å². The van der Waals surface area contributed by atoms with Crippen LogP contribution in [0.3, 0.4) is 0 Å². The largest absolute Gasteiger partial charge is 0.459 e. The van der Waals surface area contributed by atoms with Gasteiger partial charge >= 0.3 is 5.97 Å². The van der Waals surface area contributed by atoms with Gasteiger partial charge in [-0.15, -0.1) is 0 Å². The van der Waals surface area contributed by atoms with E-state index in [1.807, 2.05) is 20.8 Å². The van der Waals surface area contributed by atoms with Gasteiger partial charge in [0.15, 0.2) is 0 Å². The van der Waals surface area contributed by atoms with E-state index < -0.39 is 0 Å². The summed E-state index contributed by atoms with van der Waals surface area (Å²) in [5.74, 6) is 0.575. The second-order valence-electron chi connectivity index (χ2n) is 6.15. The Hall–Kier alpha value is -0.570. The molecule has 0 spiro atoms. The Morgan fingerprint density at radius 1 is 1.29 bits per heavy atom. The summed E-state index contributed by atoms with van der Waals surface area (Å²) >= 11 is 0. The number of rotatable bonds is 4. The molecule has 1 saturated carbocycles. The molecule has 100 valence electrons. The predicted molar refractivity (Wildman–Crippen MR) is 69.9 cm³/mol. The number of hydrogen-bond donors (Lipinski definition) is 1. The average Bonchev–Trinajstić information content (AvgIpc) is 2.25. The molecule has 1 fully saturated rings. The average molecular weight is 241 g/mol. The van der Waals surface area contributed by atoms with Crippen molar-refractivity contribution in [3.8, 4) is 0 Å². The van der Waals surface area contributed by atoms with Crippen molar-refractivity contribution in [3.63, 3.8) is 0 Å². The maximum absolute atomic E-state index is 11.6. The molecular formula is C14H27NO2. The number of carbonyl (C=O) groups excluding carboxylic acids is 1. The zero-order valence-corrected chi connectivity index (χ0v) is 11.7. The first kappa shape index (κ1) is 14.5. The van der Waals surface area contributed by atoms with Crippen molar-refractivity contribution in [2.24, 2.45) is 5.92 Å². The summed E-state index contributed by atoms with van der Waals surface area (Å²) in [5, 5.41) is 3.30. The van der Waals surface area contributed by atoms with Gasteiger partial charge in [-0.3, -0.25) is 4.79 Å². The number of hydrogen-bond acceptors (Lipinski definition) is 3. The zero-order valence-electron chi connectivity index (χ0n) is 11.7. The van der Waals surface area contributed by atoms with Crippen LogP contribution in [0, 0.1) is 5.92 Å². The Balaban J connectivity index is 2.22. The molecule has 1 atom stereocenters. The van der Waals surface area contributed by atoms with Crippen molar-refractivity contribution in [1.82, 2.24) is 5.32 Å². The summed E-state index contributed by atoms with van der Waals surface area (Å²) in [5.41, 5.74) is -0.382. The Labute approximate surface area is 105 Å². The van der Waals surface area contributed by atoms with Gasteiger partial charge in [-0.25, -0.2) is 0 Å². The van der Waals surface area contributed by atoms with Crippen LogP contribution >= 0.6 is 0 Å². The molecule has 17 heavy (non-hydrogen) atoms. The monoisotopic (exact) mass is 241 g/mol. The van der Waals surface area contributed by atoms with Crippen LogP contribution in [0.5, 0.6) is 0 Å². The minimum Gasteiger partial charge on any atom is -0.459 e. The normalized spacial score (nSPS) is 20.0. The SMILES string of the molecule is C[C@@H](NCC(=O)OC(C)(C)C)C1CCCCC1. The third-order valence-electron chi connectivity index (χ3n) is 3.35. The molecule has 1 aliphatic carbocycles. The van der Waals surface area contributed by atoms with E-state index in [1.54, 1.807) is 0 Å². The molecule has 0 saturated heterocycles. The molecule has 0 bridgehead atoms. The van der Waals surface area contributed by atoms with Crippen LogP contribution in [0.1, 0.15) is 59.8 Å². The fourth-order valence-corrected chi connectivity index (χ4v) is 2.42. The highest BCUT2D eigenvalue weighted by atomic mass is 16.6. The van der Waals surface area contributed by atoms with E-state index in [2.05, 4.69) is 12.2 Å². The molecule has 0 unspecified atom stereocenters. The van der Waals surface area contributed by atoms with Crippen LogP contribution in [0.25, 0.3) is 0 Å². The topological polar surface area (TPSA) is 38.3 Å². The summed E-state index contributed by atoms with van der Waals surface area (Å²) < 4.78 is 5.27. The lowest BCUT2D eigenvalue weighted by Crippen LogP contribution is -2.40. The van der Waals surface area contributed by atoms with Crippen LogP contribution in [0.4, 0.5) is 0 Å². The molecular weight excluding hydrogens is 214 g/mol. The lowest BCUT2D eigenvalue weighted by atomic mass is 9.84. The molecule has 0 aliphatic heterocycles. The Morgan fingerprint density at radius 3 is 2.41 bits per heavy atom. The molecule has 0 amide bonds. The molecule has 0 radical (unpaired) electrons. The standard InChI is InChI=1S/C14H27NO2/c1-11(12-8-6-5-7-9-12)15-10-13(16)17-14(2,3)4/h11-12,15H,5-10H2,1-4H3/t11-/m1/s1. The summed E-state index contributed by atoms with van der Waals surface area (Å²) in [6.07, 6.45) is 6.63. The maximum atomic E-state index is 11.6. The highest BCUT2D eigenvalue weighted by Gasteiger charge is 2.21. The van der Waals surface area contributed by atoms with E-state index in [9.17, 15) is 4.79 Å². The first-order chi connectivity index (χ1) is 7.88. The fourth-order valence-electron chi connectivity index (χ4n) is 2.42. The first-order valence-electron chi connectivity index (χ1n) is 6.84. The van der Waals surface area contributed by atoms with Crippen LogP contribution < -0.4 is 5.32 Å². The highest BCUT2D eigenvalue weighted by molar-refractivity contribution is 5.72. The van der Waals surface area contributed by atoms with Gasteiger partial charge in [0, 0.05) is 6.04 Å². The molecule has 1 N–H and O–H groups in total. The third kappa shape index (κ3) is 6.06. The smallest absolute Gasteiger partial charge is 0.320 e. The number of nitrogens with one attached hydrogen (secondary N) is 1. The van der Waals surface area contributed by atoms with Gasteiger partial charge in [0.05, 0.1) is 6.54 Å². The number of carbonyl (C=O) groups is 1. The molecule has 0 aromatic heterocycles. The fraction of sp³-hybridized carbons (Fsp3) is 0.929.